The molecule has 3 aromatic carbocycles. The molecule has 2 amide bonds. The standard InChI is InChI=1S/C31H34Cl3N3O5S/c1-21(31(39)35-23-9-4-3-5-10-23)36(19-27-28(33)12-7-13-29(27)34)30(38)20-37(24-11-6-8-22(32)18-24)43(40,41)26-16-14-25(42-2)15-17-26/h6-8,11-18,21,23H,3-5,9-10,19-20H2,1-2H3,(H,35,39). The van der Waals surface area contributed by atoms with Gasteiger partial charge in [-0.25, -0.2) is 8.42 Å². The number of benzene rings is 3. The number of nitrogens with one attached hydrogen (secondary N) is 1. The Hall–Kier alpha value is -2.98. The molecule has 0 aliphatic heterocycles. The molecule has 0 bridgehead atoms. The lowest BCUT2D eigenvalue weighted by Crippen LogP contribution is -2.53. The van der Waals surface area contributed by atoms with Crippen LogP contribution in [-0.2, 0) is 26.2 Å². The third kappa shape index (κ3) is 8.15. The van der Waals surface area contributed by atoms with Crippen molar-refractivity contribution in [2.75, 3.05) is 18.0 Å². The number of hydrogen-bond donors (Lipinski definition) is 1. The number of carbonyl (C=O) groups is 2. The molecule has 0 radical (unpaired) electrons. The van der Waals surface area contributed by atoms with Gasteiger partial charge in [-0.3, -0.25) is 13.9 Å². The maximum Gasteiger partial charge on any atom is 0.264 e. The molecule has 0 saturated heterocycles. The predicted molar refractivity (Wildman–Crippen MR) is 170 cm³/mol. The molecule has 230 valence electrons. The van der Waals surface area contributed by atoms with Crippen LogP contribution in [0.1, 0.15) is 44.6 Å². The van der Waals surface area contributed by atoms with E-state index < -0.39 is 28.5 Å². The highest BCUT2D eigenvalue weighted by atomic mass is 35.5. The minimum Gasteiger partial charge on any atom is -0.497 e. The highest BCUT2D eigenvalue weighted by molar-refractivity contribution is 7.92. The summed E-state index contributed by atoms with van der Waals surface area (Å²) in [6, 6.07) is 16.1. The second kappa shape index (κ2) is 14.7. The van der Waals surface area contributed by atoms with Crippen LogP contribution in [0.4, 0.5) is 5.69 Å². The van der Waals surface area contributed by atoms with Crippen molar-refractivity contribution in [2.45, 2.75) is 62.6 Å². The van der Waals surface area contributed by atoms with E-state index in [0.29, 0.717) is 26.4 Å². The summed E-state index contributed by atoms with van der Waals surface area (Å²) in [5.74, 6) is -0.486. The zero-order chi connectivity index (χ0) is 31.1. The molecule has 1 atom stereocenters. The second-order valence-corrected chi connectivity index (χ2v) is 13.5. The molecule has 12 heteroatoms. The number of halogens is 3. The Morgan fingerprint density at radius 3 is 2.19 bits per heavy atom. The van der Waals surface area contributed by atoms with E-state index in [1.807, 2.05) is 0 Å². The van der Waals surface area contributed by atoms with Gasteiger partial charge in [-0.1, -0.05) is 66.2 Å². The SMILES string of the molecule is COc1ccc(S(=O)(=O)N(CC(=O)N(Cc2c(Cl)cccc2Cl)C(C)C(=O)NC2CCCCC2)c2cccc(Cl)c2)cc1. The third-order valence-electron chi connectivity index (χ3n) is 7.53. The second-order valence-electron chi connectivity index (χ2n) is 10.4. The molecule has 0 heterocycles. The lowest BCUT2D eigenvalue weighted by Gasteiger charge is -2.33. The van der Waals surface area contributed by atoms with Gasteiger partial charge in [-0.15, -0.1) is 0 Å². The molecule has 0 spiro atoms. The van der Waals surface area contributed by atoms with Gasteiger partial charge in [0.05, 0.1) is 17.7 Å². The van der Waals surface area contributed by atoms with Crippen LogP contribution >= 0.6 is 34.8 Å². The topological polar surface area (TPSA) is 96.0 Å². The van der Waals surface area contributed by atoms with Gasteiger partial charge in [0.15, 0.2) is 0 Å². The van der Waals surface area contributed by atoms with Crippen LogP contribution in [0.25, 0.3) is 0 Å². The highest BCUT2D eigenvalue weighted by Gasteiger charge is 2.34. The molecule has 3 aromatic rings. The number of methoxy groups -OCH3 is 1. The molecule has 0 aromatic heterocycles. The summed E-state index contributed by atoms with van der Waals surface area (Å²) >= 11 is 19.2. The molecule has 43 heavy (non-hydrogen) atoms. The van der Waals surface area contributed by atoms with E-state index in [4.69, 9.17) is 39.5 Å². The Morgan fingerprint density at radius 1 is 0.953 bits per heavy atom. The van der Waals surface area contributed by atoms with Gasteiger partial charge in [0, 0.05) is 33.2 Å². The molecule has 8 nitrogen and oxygen atoms in total. The van der Waals surface area contributed by atoms with Crippen molar-refractivity contribution < 1.29 is 22.7 Å². The lowest BCUT2D eigenvalue weighted by molar-refractivity contribution is -0.139. The molecule has 1 fully saturated rings. The Bertz CT molecular complexity index is 1530. The van der Waals surface area contributed by atoms with Gasteiger partial charge < -0.3 is 15.0 Å². The van der Waals surface area contributed by atoms with Gasteiger partial charge in [0.25, 0.3) is 10.0 Å². The number of rotatable bonds is 11. The van der Waals surface area contributed by atoms with Crippen LogP contribution in [0.5, 0.6) is 5.75 Å². The lowest BCUT2D eigenvalue weighted by atomic mass is 9.95. The van der Waals surface area contributed by atoms with Crippen molar-refractivity contribution in [2.24, 2.45) is 0 Å². The van der Waals surface area contributed by atoms with Crippen LogP contribution in [0.3, 0.4) is 0 Å². The Labute approximate surface area is 267 Å². The summed E-state index contributed by atoms with van der Waals surface area (Å²) in [5, 5.41) is 4.00. The number of nitrogens with zero attached hydrogens (tertiary/aromatic N) is 2. The van der Waals surface area contributed by atoms with Crippen molar-refractivity contribution in [3.8, 4) is 5.75 Å². The molecule has 1 aliphatic carbocycles. The number of carbonyl (C=O) groups excluding carboxylic acids is 2. The van der Waals surface area contributed by atoms with E-state index in [1.165, 1.54) is 42.3 Å². The maximum atomic E-state index is 14.2. The van der Waals surface area contributed by atoms with E-state index in [9.17, 15) is 18.0 Å². The minimum absolute atomic E-state index is 0.0166. The van der Waals surface area contributed by atoms with Crippen molar-refractivity contribution in [3.63, 3.8) is 0 Å². The Balaban J connectivity index is 1.71. The zero-order valence-corrected chi connectivity index (χ0v) is 27.0. The van der Waals surface area contributed by atoms with Crippen LogP contribution in [0, 0.1) is 0 Å². The smallest absolute Gasteiger partial charge is 0.264 e. The van der Waals surface area contributed by atoms with E-state index in [0.717, 1.165) is 36.4 Å². The molecule has 1 saturated carbocycles. The maximum absolute atomic E-state index is 14.2. The number of ether oxygens (including phenoxy) is 1. The largest absolute Gasteiger partial charge is 0.497 e. The fourth-order valence-electron chi connectivity index (χ4n) is 5.04. The molecule has 1 unspecified atom stereocenters. The van der Waals surface area contributed by atoms with Gasteiger partial charge >= 0.3 is 0 Å². The monoisotopic (exact) mass is 665 g/mol. The first-order valence-electron chi connectivity index (χ1n) is 14.0. The molecular formula is C31H34Cl3N3O5S. The van der Waals surface area contributed by atoms with Crippen LogP contribution < -0.4 is 14.4 Å². The minimum atomic E-state index is -4.26. The van der Waals surface area contributed by atoms with Gasteiger partial charge in [0.2, 0.25) is 11.8 Å². The number of anilines is 1. The fraction of sp³-hybridized carbons (Fsp3) is 0.355. The van der Waals surface area contributed by atoms with Crippen LogP contribution in [0.2, 0.25) is 15.1 Å². The van der Waals surface area contributed by atoms with E-state index in [2.05, 4.69) is 5.32 Å². The van der Waals surface area contributed by atoms with Crippen LogP contribution in [0.15, 0.2) is 71.6 Å². The number of hydrogen-bond acceptors (Lipinski definition) is 5. The first kappa shape index (κ1) is 32.9. The van der Waals surface area contributed by atoms with Gasteiger partial charge in [-0.05, 0) is 74.4 Å². The summed E-state index contributed by atoms with van der Waals surface area (Å²) in [5.41, 5.74) is 0.635. The van der Waals surface area contributed by atoms with Crippen molar-refractivity contribution in [1.29, 1.82) is 0 Å². The summed E-state index contributed by atoms with van der Waals surface area (Å²) in [6.45, 7) is 0.892. The van der Waals surface area contributed by atoms with Gasteiger partial charge in [0.1, 0.15) is 18.3 Å². The molecule has 1 aliphatic rings. The van der Waals surface area contributed by atoms with Crippen LogP contribution in [-0.4, -0.2) is 50.9 Å². The Morgan fingerprint density at radius 2 is 1.58 bits per heavy atom. The third-order valence-corrected chi connectivity index (χ3v) is 10.3. The normalized spacial score (nSPS) is 14.5. The van der Waals surface area contributed by atoms with E-state index in [-0.39, 0.29) is 29.1 Å². The first-order chi connectivity index (χ1) is 20.5. The van der Waals surface area contributed by atoms with E-state index in [1.54, 1.807) is 43.3 Å². The quantitative estimate of drug-likeness (QED) is 0.245. The summed E-state index contributed by atoms with van der Waals surface area (Å²) in [6.07, 6.45) is 4.90. The zero-order valence-electron chi connectivity index (χ0n) is 23.9. The van der Waals surface area contributed by atoms with Crippen molar-refractivity contribution in [1.82, 2.24) is 10.2 Å². The van der Waals surface area contributed by atoms with Gasteiger partial charge in [-0.2, -0.15) is 0 Å². The van der Waals surface area contributed by atoms with E-state index >= 15 is 0 Å². The molecule has 4 rings (SSSR count). The number of sulfonamides is 1. The predicted octanol–water partition coefficient (Wildman–Crippen LogP) is 6.72. The van der Waals surface area contributed by atoms with Crippen molar-refractivity contribution >= 4 is 62.3 Å². The molecule has 1 N–H and O–H groups in total. The fourth-order valence-corrected chi connectivity index (χ4v) is 7.15. The molecular weight excluding hydrogens is 633 g/mol. The summed E-state index contributed by atoms with van der Waals surface area (Å²) < 4.78 is 34.1. The van der Waals surface area contributed by atoms with Crippen molar-refractivity contribution in [3.05, 3.63) is 87.4 Å². The highest BCUT2D eigenvalue weighted by Crippen LogP contribution is 2.30. The summed E-state index contributed by atoms with van der Waals surface area (Å²) in [4.78, 5) is 28.9. The first-order valence-corrected chi connectivity index (χ1v) is 16.5. The summed E-state index contributed by atoms with van der Waals surface area (Å²) in [7, 11) is -2.79. The Kier molecular flexibility index (Phi) is 11.2. The average molecular weight is 667 g/mol. The average Bonchev–Trinajstić information content (AvgIpc) is 2.99. The number of amides is 2.